The third kappa shape index (κ3) is 4.48. The molecule has 1 aromatic heterocycles. The van der Waals surface area contributed by atoms with E-state index in [1.165, 1.54) is 22.9 Å². The van der Waals surface area contributed by atoms with Crippen LogP contribution in [0.15, 0.2) is 47.6 Å². The normalized spacial score (nSPS) is 10.7. The van der Waals surface area contributed by atoms with Gasteiger partial charge in [-0.05, 0) is 32.4 Å². The molecule has 6 heteroatoms. The Hall–Kier alpha value is -2.60. The van der Waals surface area contributed by atoms with Gasteiger partial charge in [-0.2, -0.15) is 0 Å². The topological polar surface area (TPSA) is 70.7 Å². The number of anilines is 1. The number of aromatic nitrogens is 3. The third-order valence-corrected chi connectivity index (χ3v) is 4.65. The van der Waals surface area contributed by atoms with Crippen molar-refractivity contribution in [3.8, 4) is 11.4 Å². The summed E-state index contributed by atoms with van der Waals surface area (Å²) < 4.78 is 0. The van der Waals surface area contributed by atoms with Gasteiger partial charge in [0.2, 0.25) is 5.91 Å². The Kier molecular flexibility index (Phi) is 5.19. The number of amides is 1. The molecule has 1 heterocycles. The van der Waals surface area contributed by atoms with E-state index in [-0.39, 0.29) is 11.7 Å². The van der Waals surface area contributed by atoms with Gasteiger partial charge in [0.05, 0.1) is 5.75 Å². The molecule has 5 nitrogen and oxygen atoms in total. The van der Waals surface area contributed by atoms with Gasteiger partial charge >= 0.3 is 0 Å². The third-order valence-electron chi connectivity index (χ3n) is 3.79. The first-order valence-corrected chi connectivity index (χ1v) is 8.99. The highest BCUT2D eigenvalue weighted by Crippen LogP contribution is 2.20. The summed E-state index contributed by atoms with van der Waals surface area (Å²) in [6.45, 7) is 6.06. The van der Waals surface area contributed by atoms with Crippen LogP contribution in [0, 0.1) is 20.8 Å². The van der Waals surface area contributed by atoms with Crippen molar-refractivity contribution in [1.29, 1.82) is 0 Å². The van der Waals surface area contributed by atoms with Crippen molar-refractivity contribution < 1.29 is 4.79 Å². The Morgan fingerprint density at radius 2 is 1.76 bits per heavy atom. The predicted octanol–water partition coefficient (Wildman–Crippen LogP) is 4.13. The molecule has 128 valence electrons. The van der Waals surface area contributed by atoms with E-state index in [1.54, 1.807) is 0 Å². The van der Waals surface area contributed by atoms with E-state index in [2.05, 4.69) is 20.5 Å². The lowest BCUT2D eigenvalue weighted by Crippen LogP contribution is -2.15. The van der Waals surface area contributed by atoms with Crippen LogP contribution in [0.2, 0.25) is 0 Å². The van der Waals surface area contributed by atoms with E-state index in [9.17, 15) is 4.79 Å². The Labute approximate surface area is 151 Å². The van der Waals surface area contributed by atoms with Crippen LogP contribution >= 0.6 is 11.8 Å². The highest BCUT2D eigenvalue weighted by molar-refractivity contribution is 7.99. The Morgan fingerprint density at radius 1 is 1.04 bits per heavy atom. The zero-order valence-electron chi connectivity index (χ0n) is 14.5. The molecule has 0 aliphatic carbocycles. The van der Waals surface area contributed by atoms with Crippen LogP contribution in [0.25, 0.3) is 11.4 Å². The lowest BCUT2D eigenvalue weighted by atomic mass is 10.1. The minimum Gasteiger partial charge on any atom is -0.325 e. The first-order valence-electron chi connectivity index (χ1n) is 8.01. The van der Waals surface area contributed by atoms with Crippen molar-refractivity contribution in [2.45, 2.75) is 25.9 Å². The van der Waals surface area contributed by atoms with E-state index in [0.717, 1.165) is 16.8 Å². The quantitative estimate of drug-likeness (QED) is 0.678. The zero-order valence-corrected chi connectivity index (χ0v) is 15.3. The van der Waals surface area contributed by atoms with Gasteiger partial charge in [0, 0.05) is 11.3 Å². The largest absolute Gasteiger partial charge is 0.325 e. The molecule has 2 aromatic carbocycles. The number of nitrogens with zero attached hydrogens (tertiary/aromatic N) is 2. The van der Waals surface area contributed by atoms with Gasteiger partial charge in [0.25, 0.3) is 0 Å². The number of hydrogen-bond acceptors (Lipinski definition) is 4. The molecule has 0 aliphatic heterocycles. The summed E-state index contributed by atoms with van der Waals surface area (Å²) in [7, 11) is 0. The Balaban J connectivity index is 1.58. The smallest absolute Gasteiger partial charge is 0.234 e. The molecule has 0 saturated heterocycles. The molecule has 0 atom stereocenters. The monoisotopic (exact) mass is 352 g/mol. The van der Waals surface area contributed by atoms with Crippen molar-refractivity contribution in [2.24, 2.45) is 0 Å². The number of nitrogens with one attached hydrogen (secondary N) is 2. The maximum absolute atomic E-state index is 12.1. The molecule has 2 N–H and O–H groups in total. The van der Waals surface area contributed by atoms with Crippen LogP contribution < -0.4 is 5.32 Å². The van der Waals surface area contributed by atoms with Gasteiger partial charge in [-0.1, -0.05) is 59.3 Å². The first kappa shape index (κ1) is 17.2. The summed E-state index contributed by atoms with van der Waals surface area (Å²) in [5, 5.41) is 11.8. The molecule has 0 spiro atoms. The van der Waals surface area contributed by atoms with Gasteiger partial charge in [-0.15, -0.1) is 10.2 Å². The van der Waals surface area contributed by atoms with Gasteiger partial charge in [0.1, 0.15) is 0 Å². The average Bonchev–Trinajstić information content (AvgIpc) is 3.05. The summed E-state index contributed by atoms with van der Waals surface area (Å²) in [4.78, 5) is 15.3. The zero-order chi connectivity index (χ0) is 17.8. The second-order valence-corrected chi connectivity index (χ2v) is 6.96. The second-order valence-electron chi connectivity index (χ2n) is 6.00. The van der Waals surface area contributed by atoms with E-state index in [4.69, 9.17) is 0 Å². The fraction of sp³-hybridized carbons (Fsp3) is 0.211. The lowest BCUT2D eigenvalue weighted by molar-refractivity contribution is -0.113. The average molecular weight is 352 g/mol. The summed E-state index contributed by atoms with van der Waals surface area (Å²) in [6, 6.07) is 14.0. The Morgan fingerprint density at radius 3 is 2.48 bits per heavy atom. The molecule has 0 fully saturated rings. The van der Waals surface area contributed by atoms with Crippen LogP contribution in [0.1, 0.15) is 16.7 Å². The maximum atomic E-state index is 12.1. The van der Waals surface area contributed by atoms with Crippen LogP contribution in [0.3, 0.4) is 0 Å². The number of rotatable bonds is 5. The maximum Gasteiger partial charge on any atom is 0.234 e. The molecule has 0 aliphatic rings. The molecule has 0 saturated carbocycles. The molecule has 25 heavy (non-hydrogen) atoms. The van der Waals surface area contributed by atoms with Crippen LogP contribution in [0.4, 0.5) is 5.69 Å². The molecular weight excluding hydrogens is 332 g/mol. The van der Waals surface area contributed by atoms with Crippen molar-refractivity contribution in [1.82, 2.24) is 15.2 Å². The number of H-pyrrole nitrogens is 1. The van der Waals surface area contributed by atoms with Gasteiger partial charge in [-0.25, -0.2) is 0 Å². The van der Waals surface area contributed by atoms with Crippen molar-refractivity contribution in [2.75, 3.05) is 11.1 Å². The number of thioether (sulfide) groups is 1. The van der Waals surface area contributed by atoms with Gasteiger partial charge in [0.15, 0.2) is 11.0 Å². The predicted molar refractivity (Wildman–Crippen MR) is 102 cm³/mol. The van der Waals surface area contributed by atoms with E-state index >= 15 is 0 Å². The molecule has 0 radical (unpaired) electrons. The molecule has 3 rings (SSSR count). The number of hydrogen-bond donors (Lipinski definition) is 2. The summed E-state index contributed by atoms with van der Waals surface area (Å²) in [6.07, 6.45) is 0. The van der Waals surface area contributed by atoms with Crippen molar-refractivity contribution >= 4 is 23.4 Å². The lowest BCUT2D eigenvalue weighted by Gasteiger charge is -2.08. The summed E-state index contributed by atoms with van der Waals surface area (Å²) in [5.41, 5.74) is 5.24. The highest BCUT2D eigenvalue weighted by Gasteiger charge is 2.10. The second kappa shape index (κ2) is 7.53. The number of aryl methyl sites for hydroxylation is 3. The fourth-order valence-corrected chi connectivity index (χ4v) is 3.03. The highest BCUT2D eigenvalue weighted by atomic mass is 32.2. The molecule has 0 bridgehead atoms. The standard InChI is InChI=1S/C19H20N4OS/c1-12-4-7-15(8-5-12)18-21-19(23-22-18)25-11-17(24)20-16-9-6-13(2)10-14(16)3/h4-10H,11H2,1-3H3,(H,20,24)(H,21,22,23). The first-order chi connectivity index (χ1) is 12.0. The van der Waals surface area contributed by atoms with Crippen LogP contribution in [0.5, 0.6) is 0 Å². The summed E-state index contributed by atoms with van der Waals surface area (Å²) >= 11 is 1.33. The van der Waals surface area contributed by atoms with E-state index in [0.29, 0.717) is 11.0 Å². The molecule has 1 amide bonds. The number of carbonyl (C=O) groups is 1. The fourth-order valence-electron chi connectivity index (χ4n) is 2.43. The molecule has 3 aromatic rings. The van der Waals surface area contributed by atoms with Crippen molar-refractivity contribution in [3.05, 3.63) is 59.2 Å². The number of aromatic amines is 1. The Bertz CT molecular complexity index is 887. The van der Waals surface area contributed by atoms with Gasteiger partial charge in [-0.3, -0.25) is 4.79 Å². The minimum atomic E-state index is -0.0646. The van der Waals surface area contributed by atoms with Gasteiger partial charge < -0.3 is 10.3 Å². The SMILES string of the molecule is Cc1ccc(-c2nnc(SCC(=O)Nc3ccc(C)cc3C)[nH]2)cc1. The summed E-state index contributed by atoms with van der Waals surface area (Å²) in [5.74, 6) is 0.915. The minimum absolute atomic E-state index is 0.0646. The van der Waals surface area contributed by atoms with Crippen LogP contribution in [-0.2, 0) is 4.79 Å². The van der Waals surface area contributed by atoms with E-state index in [1.807, 2.05) is 63.2 Å². The number of carbonyl (C=O) groups excluding carboxylic acids is 1. The van der Waals surface area contributed by atoms with Crippen LogP contribution in [-0.4, -0.2) is 26.8 Å². The van der Waals surface area contributed by atoms with E-state index < -0.39 is 0 Å². The van der Waals surface area contributed by atoms with Crippen molar-refractivity contribution in [3.63, 3.8) is 0 Å². The molecule has 0 unspecified atom stereocenters. The number of benzene rings is 2. The molecular formula is C19H20N4OS.